The third-order valence-electron chi connectivity index (χ3n) is 5.00. The maximum absolute atomic E-state index is 6.67. The van der Waals surface area contributed by atoms with E-state index in [9.17, 15) is 0 Å². The minimum Gasteiger partial charge on any atom is -0.489 e. The van der Waals surface area contributed by atoms with Crippen LogP contribution < -0.4 is 9.47 Å². The number of hydrogen-bond acceptors (Lipinski definition) is 2. The summed E-state index contributed by atoms with van der Waals surface area (Å²) in [5.41, 5.74) is 0. The van der Waals surface area contributed by atoms with Gasteiger partial charge in [-0.2, -0.15) is 0 Å². The Morgan fingerprint density at radius 1 is 0.714 bits per heavy atom. The fraction of sp³-hybridized carbons (Fsp3) is 0.417. The first-order chi connectivity index (χ1) is 13.5. The molecule has 0 N–H and O–H groups in total. The van der Waals surface area contributed by atoms with Crippen LogP contribution in [0, 0.1) is 0 Å². The number of benzene rings is 3. The molecule has 0 aliphatic heterocycles. The Morgan fingerprint density at radius 3 is 1.57 bits per heavy atom. The first kappa shape index (κ1) is 21.1. The number of hydrogen-bond donors (Lipinski definition) is 0. The van der Waals surface area contributed by atoms with E-state index in [0.29, 0.717) is 10.0 Å². The van der Waals surface area contributed by atoms with Gasteiger partial charge in [0, 0.05) is 21.5 Å². The Morgan fingerprint density at radius 2 is 1.14 bits per heavy atom. The van der Waals surface area contributed by atoms with Crippen LogP contribution in [0.25, 0.3) is 21.5 Å². The highest BCUT2D eigenvalue weighted by molar-refractivity contribution is 6.40. The Hall–Kier alpha value is -1.64. The first-order valence-corrected chi connectivity index (χ1v) is 10.9. The van der Waals surface area contributed by atoms with Crippen molar-refractivity contribution in [3.05, 3.63) is 46.4 Å². The highest BCUT2D eigenvalue weighted by Gasteiger charge is 2.22. The molecule has 0 aliphatic carbocycles. The monoisotopic (exact) mass is 418 g/mol. The molecule has 0 saturated heterocycles. The van der Waals surface area contributed by atoms with E-state index in [4.69, 9.17) is 32.7 Å². The van der Waals surface area contributed by atoms with Gasteiger partial charge in [0.2, 0.25) is 0 Å². The Balaban J connectivity index is 2.34. The summed E-state index contributed by atoms with van der Waals surface area (Å²) in [6, 6.07) is 11.8. The van der Waals surface area contributed by atoms with E-state index in [1.807, 2.05) is 36.4 Å². The molecule has 0 spiro atoms. The summed E-state index contributed by atoms with van der Waals surface area (Å²) in [5.74, 6) is 1.57. The SMILES string of the molecule is CCCC(C)Oc1c2cccc(Cl)c2c(OC(C)CCC)c2c(Cl)cccc12. The third kappa shape index (κ3) is 4.18. The van der Waals surface area contributed by atoms with Crippen LogP contribution in [-0.2, 0) is 0 Å². The topological polar surface area (TPSA) is 18.5 Å². The minimum atomic E-state index is 0.0646. The Labute approximate surface area is 177 Å². The molecule has 150 valence electrons. The van der Waals surface area contributed by atoms with Crippen molar-refractivity contribution < 1.29 is 9.47 Å². The summed E-state index contributed by atoms with van der Waals surface area (Å²) in [7, 11) is 0. The fourth-order valence-electron chi connectivity index (χ4n) is 3.74. The van der Waals surface area contributed by atoms with E-state index >= 15 is 0 Å². The molecule has 4 heteroatoms. The second-order valence-electron chi connectivity index (χ2n) is 7.42. The van der Waals surface area contributed by atoms with Crippen LogP contribution in [0.3, 0.4) is 0 Å². The Kier molecular flexibility index (Phi) is 6.95. The Bertz CT molecular complexity index is 905. The van der Waals surface area contributed by atoms with Crippen molar-refractivity contribution in [1.82, 2.24) is 0 Å². The van der Waals surface area contributed by atoms with E-state index in [1.165, 1.54) is 0 Å². The summed E-state index contributed by atoms with van der Waals surface area (Å²) in [5, 5.41) is 4.95. The van der Waals surface area contributed by atoms with Crippen molar-refractivity contribution in [3.8, 4) is 11.5 Å². The van der Waals surface area contributed by atoms with Crippen LogP contribution in [0.2, 0.25) is 10.0 Å². The second-order valence-corrected chi connectivity index (χ2v) is 8.23. The van der Waals surface area contributed by atoms with Crippen molar-refractivity contribution in [2.24, 2.45) is 0 Å². The van der Waals surface area contributed by atoms with Gasteiger partial charge in [-0.05, 0) is 38.8 Å². The smallest absolute Gasteiger partial charge is 0.138 e. The predicted molar refractivity (Wildman–Crippen MR) is 121 cm³/mol. The molecule has 0 heterocycles. The molecule has 0 saturated carbocycles. The summed E-state index contributed by atoms with van der Waals surface area (Å²) in [6.45, 7) is 8.50. The molecule has 0 radical (unpaired) electrons. The maximum Gasteiger partial charge on any atom is 0.138 e. The van der Waals surface area contributed by atoms with Gasteiger partial charge in [0.25, 0.3) is 0 Å². The quantitative estimate of drug-likeness (QED) is 0.341. The van der Waals surface area contributed by atoms with Gasteiger partial charge in [0.15, 0.2) is 0 Å². The number of halogens is 2. The normalized spacial score (nSPS) is 13.6. The molecule has 2 nitrogen and oxygen atoms in total. The molecular weight excluding hydrogens is 391 g/mol. The van der Waals surface area contributed by atoms with Crippen LogP contribution in [0.15, 0.2) is 36.4 Å². The lowest BCUT2D eigenvalue weighted by molar-refractivity contribution is 0.211. The number of fused-ring (bicyclic) bond motifs is 2. The standard InChI is InChI=1S/C24H28Cl2O2/c1-5-9-15(3)27-23-17-11-7-13-19(25)21(17)24(28-16(4)10-6-2)22-18(23)12-8-14-20(22)26/h7-8,11-16H,5-6,9-10H2,1-4H3. The lowest BCUT2D eigenvalue weighted by Gasteiger charge is -2.23. The van der Waals surface area contributed by atoms with Gasteiger partial charge in [0.05, 0.1) is 22.3 Å². The van der Waals surface area contributed by atoms with E-state index in [2.05, 4.69) is 27.7 Å². The second kappa shape index (κ2) is 9.24. The predicted octanol–water partition coefficient (Wildman–Crippen LogP) is 8.43. The number of ether oxygens (including phenoxy) is 2. The van der Waals surface area contributed by atoms with Crippen molar-refractivity contribution in [1.29, 1.82) is 0 Å². The van der Waals surface area contributed by atoms with E-state index in [-0.39, 0.29) is 12.2 Å². The van der Waals surface area contributed by atoms with Crippen molar-refractivity contribution >= 4 is 44.7 Å². The fourth-order valence-corrected chi connectivity index (χ4v) is 4.26. The van der Waals surface area contributed by atoms with Crippen LogP contribution >= 0.6 is 23.2 Å². The summed E-state index contributed by atoms with van der Waals surface area (Å²) >= 11 is 13.3. The molecule has 2 unspecified atom stereocenters. The van der Waals surface area contributed by atoms with Crippen molar-refractivity contribution in [2.45, 2.75) is 65.6 Å². The summed E-state index contributed by atoms with van der Waals surface area (Å²) < 4.78 is 12.9. The molecular formula is C24H28Cl2O2. The highest BCUT2D eigenvalue weighted by atomic mass is 35.5. The molecule has 0 bridgehead atoms. The van der Waals surface area contributed by atoms with Crippen LogP contribution in [-0.4, -0.2) is 12.2 Å². The molecule has 3 rings (SSSR count). The lowest BCUT2D eigenvalue weighted by Crippen LogP contribution is -2.14. The van der Waals surface area contributed by atoms with Gasteiger partial charge in [-0.3, -0.25) is 0 Å². The average molecular weight is 419 g/mol. The average Bonchev–Trinajstić information content (AvgIpc) is 2.64. The number of rotatable bonds is 8. The first-order valence-electron chi connectivity index (χ1n) is 10.1. The zero-order valence-electron chi connectivity index (χ0n) is 17.0. The molecule has 2 atom stereocenters. The largest absolute Gasteiger partial charge is 0.489 e. The van der Waals surface area contributed by atoms with Crippen LogP contribution in [0.1, 0.15) is 53.4 Å². The summed E-state index contributed by atoms with van der Waals surface area (Å²) in [4.78, 5) is 0. The van der Waals surface area contributed by atoms with Crippen LogP contribution in [0.4, 0.5) is 0 Å². The van der Waals surface area contributed by atoms with Gasteiger partial charge >= 0.3 is 0 Å². The molecule has 28 heavy (non-hydrogen) atoms. The summed E-state index contributed by atoms with van der Waals surface area (Å²) in [6.07, 6.45) is 4.22. The third-order valence-corrected chi connectivity index (χ3v) is 5.63. The highest BCUT2D eigenvalue weighted by Crippen LogP contribution is 2.48. The van der Waals surface area contributed by atoms with Gasteiger partial charge in [-0.1, -0.05) is 74.2 Å². The molecule has 0 aromatic heterocycles. The minimum absolute atomic E-state index is 0.0646. The molecule has 3 aromatic carbocycles. The van der Waals surface area contributed by atoms with E-state index in [1.54, 1.807) is 0 Å². The van der Waals surface area contributed by atoms with Gasteiger partial charge in [-0.15, -0.1) is 0 Å². The molecule has 0 aliphatic rings. The van der Waals surface area contributed by atoms with E-state index < -0.39 is 0 Å². The maximum atomic E-state index is 6.67. The van der Waals surface area contributed by atoms with Gasteiger partial charge < -0.3 is 9.47 Å². The van der Waals surface area contributed by atoms with Gasteiger partial charge in [-0.25, -0.2) is 0 Å². The van der Waals surface area contributed by atoms with Crippen molar-refractivity contribution in [2.75, 3.05) is 0 Å². The van der Waals surface area contributed by atoms with Crippen molar-refractivity contribution in [3.63, 3.8) is 0 Å². The van der Waals surface area contributed by atoms with Crippen LogP contribution in [0.5, 0.6) is 11.5 Å². The molecule has 0 amide bonds. The molecule has 0 fully saturated rings. The lowest BCUT2D eigenvalue weighted by atomic mass is 10.00. The van der Waals surface area contributed by atoms with E-state index in [0.717, 1.165) is 58.7 Å². The molecule has 3 aromatic rings. The zero-order valence-corrected chi connectivity index (χ0v) is 18.5. The van der Waals surface area contributed by atoms with Gasteiger partial charge in [0.1, 0.15) is 11.5 Å². The zero-order chi connectivity index (χ0) is 20.3.